The molecule has 1 N–H and O–H groups in total. The molecule has 5 nitrogen and oxygen atoms in total. The third-order valence-corrected chi connectivity index (χ3v) is 4.54. The highest BCUT2D eigenvalue weighted by molar-refractivity contribution is 9.10. The van der Waals surface area contributed by atoms with Crippen molar-refractivity contribution in [2.75, 3.05) is 0 Å². The summed E-state index contributed by atoms with van der Waals surface area (Å²) in [7, 11) is 0. The smallest absolute Gasteiger partial charge is 0.278 e. The second-order valence-electron chi connectivity index (χ2n) is 4.57. The fourth-order valence-electron chi connectivity index (χ4n) is 2.03. The standard InChI is InChI=1S/C15H9BrN4OS/c16-10-5-3-9(4-6-10)14-17-15(21-20-14)12-8-11(18-19-12)13-2-1-7-22-13/h1-8H,(H,18,19). The van der Waals surface area contributed by atoms with Crippen LogP contribution in [0.4, 0.5) is 0 Å². The number of H-pyrrole nitrogens is 1. The van der Waals surface area contributed by atoms with Gasteiger partial charge in [-0.3, -0.25) is 5.10 Å². The van der Waals surface area contributed by atoms with Gasteiger partial charge >= 0.3 is 0 Å². The van der Waals surface area contributed by atoms with Gasteiger partial charge < -0.3 is 4.52 Å². The van der Waals surface area contributed by atoms with Crippen molar-refractivity contribution in [3.8, 4) is 33.5 Å². The molecule has 0 spiro atoms. The van der Waals surface area contributed by atoms with E-state index in [1.807, 2.05) is 47.8 Å². The first-order valence-electron chi connectivity index (χ1n) is 6.49. The highest BCUT2D eigenvalue weighted by atomic mass is 79.9. The van der Waals surface area contributed by atoms with Crippen molar-refractivity contribution in [3.63, 3.8) is 0 Å². The number of hydrogen-bond donors (Lipinski definition) is 1. The van der Waals surface area contributed by atoms with Gasteiger partial charge in [0.2, 0.25) is 5.82 Å². The summed E-state index contributed by atoms with van der Waals surface area (Å²) in [6.07, 6.45) is 0. The first kappa shape index (κ1) is 13.4. The molecule has 3 aromatic heterocycles. The van der Waals surface area contributed by atoms with Crippen LogP contribution in [0, 0.1) is 0 Å². The van der Waals surface area contributed by atoms with E-state index in [-0.39, 0.29) is 0 Å². The molecule has 0 saturated heterocycles. The molecule has 0 radical (unpaired) electrons. The van der Waals surface area contributed by atoms with E-state index in [1.54, 1.807) is 11.3 Å². The summed E-state index contributed by atoms with van der Waals surface area (Å²) in [4.78, 5) is 5.52. The van der Waals surface area contributed by atoms with Gasteiger partial charge in [-0.1, -0.05) is 27.2 Å². The SMILES string of the molecule is Brc1ccc(-c2noc(-c3cc(-c4cccs4)[nH]n3)n2)cc1. The van der Waals surface area contributed by atoms with E-state index in [0.29, 0.717) is 17.4 Å². The summed E-state index contributed by atoms with van der Waals surface area (Å²) < 4.78 is 6.32. The van der Waals surface area contributed by atoms with E-state index in [9.17, 15) is 0 Å². The number of hydrogen-bond acceptors (Lipinski definition) is 5. The monoisotopic (exact) mass is 372 g/mol. The van der Waals surface area contributed by atoms with Gasteiger partial charge in [-0.25, -0.2) is 0 Å². The average molecular weight is 373 g/mol. The van der Waals surface area contributed by atoms with E-state index in [4.69, 9.17) is 4.52 Å². The molecule has 0 aliphatic carbocycles. The second-order valence-corrected chi connectivity index (χ2v) is 6.44. The lowest BCUT2D eigenvalue weighted by atomic mass is 10.2. The number of benzene rings is 1. The van der Waals surface area contributed by atoms with Crippen molar-refractivity contribution in [3.05, 3.63) is 52.3 Å². The summed E-state index contributed by atoms with van der Waals surface area (Å²) in [5.74, 6) is 0.945. The van der Waals surface area contributed by atoms with E-state index >= 15 is 0 Å². The number of aromatic amines is 1. The summed E-state index contributed by atoms with van der Waals surface area (Å²) >= 11 is 5.05. The fraction of sp³-hybridized carbons (Fsp3) is 0. The number of thiophene rings is 1. The predicted molar refractivity (Wildman–Crippen MR) is 88.3 cm³/mol. The van der Waals surface area contributed by atoms with Gasteiger partial charge in [0.15, 0.2) is 5.69 Å². The van der Waals surface area contributed by atoms with Crippen LogP contribution in [-0.2, 0) is 0 Å². The second kappa shape index (κ2) is 5.51. The van der Waals surface area contributed by atoms with Crippen molar-refractivity contribution < 1.29 is 4.52 Å². The van der Waals surface area contributed by atoms with Crippen LogP contribution in [0.5, 0.6) is 0 Å². The fourth-order valence-corrected chi connectivity index (χ4v) is 2.99. The van der Waals surface area contributed by atoms with Crippen LogP contribution in [0.25, 0.3) is 33.5 Å². The molecule has 0 fully saturated rings. The molecule has 4 aromatic rings. The third kappa shape index (κ3) is 2.49. The lowest BCUT2D eigenvalue weighted by molar-refractivity contribution is 0.431. The zero-order valence-corrected chi connectivity index (χ0v) is 13.6. The number of nitrogens with zero attached hydrogens (tertiary/aromatic N) is 3. The molecule has 3 heterocycles. The Kier molecular flexibility index (Phi) is 3.36. The maximum Gasteiger partial charge on any atom is 0.278 e. The Hall–Kier alpha value is -2.25. The van der Waals surface area contributed by atoms with Crippen molar-refractivity contribution in [2.24, 2.45) is 0 Å². The zero-order valence-electron chi connectivity index (χ0n) is 11.2. The first-order chi connectivity index (χ1) is 10.8. The van der Waals surface area contributed by atoms with Crippen molar-refractivity contribution >= 4 is 27.3 Å². The van der Waals surface area contributed by atoms with E-state index in [0.717, 1.165) is 20.6 Å². The van der Waals surface area contributed by atoms with E-state index in [1.165, 1.54) is 0 Å². The molecule has 0 bridgehead atoms. The quantitative estimate of drug-likeness (QED) is 0.569. The molecule has 108 valence electrons. The predicted octanol–water partition coefficient (Wildman–Crippen LogP) is 4.62. The first-order valence-corrected chi connectivity index (χ1v) is 8.16. The third-order valence-electron chi connectivity index (χ3n) is 3.11. The van der Waals surface area contributed by atoms with Crippen LogP contribution in [0.1, 0.15) is 0 Å². The van der Waals surface area contributed by atoms with Crippen molar-refractivity contribution in [1.29, 1.82) is 0 Å². The van der Waals surface area contributed by atoms with Gasteiger partial charge in [-0.15, -0.1) is 11.3 Å². The Morgan fingerprint density at radius 1 is 1.14 bits per heavy atom. The van der Waals surface area contributed by atoms with Gasteiger partial charge in [-0.05, 0) is 41.8 Å². The van der Waals surface area contributed by atoms with Crippen molar-refractivity contribution in [1.82, 2.24) is 20.3 Å². The molecule has 0 atom stereocenters. The number of nitrogens with one attached hydrogen (secondary N) is 1. The molecule has 0 saturated carbocycles. The largest absolute Gasteiger partial charge is 0.332 e. The molecule has 4 rings (SSSR count). The molecule has 22 heavy (non-hydrogen) atoms. The highest BCUT2D eigenvalue weighted by Crippen LogP contribution is 2.27. The van der Waals surface area contributed by atoms with Gasteiger partial charge in [0, 0.05) is 10.0 Å². The average Bonchev–Trinajstić information content (AvgIpc) is 3.27. The summed E-state index contributed by atoms with van der Waals surface area (Å²) in [5, 5.41) is 13.3. The summed E-state index contributed by atoms with van der Waals surface area (Å²) in [6, 6.07) is 13.7. The maximum atomic E-state index is 5.31. The molecular formula is C15H9BrN4OS. The van der Waals surface area contributed by atoms with Crippen LogP contribution in [-0.4, -0.2) is 20.3 Å². The van der Waals surface area contributed by atoms with Crippen LogP contribution < -0.4 is 0 Å². The molecule has 7 heteroatoms. The molecule has 0 amide bonds. The normalized spacial score (nSPS) is 11.0. The number of rotatable bonds is 3. The van der Waals surface area contributed by atoms with Crippen LogP contribution in [0.3, 0.4) is 0 Å². The lowest BCUT2D eigenvalue weighted by Crippen LogP contribution is -1.81. The van der Waals surface area contributed by atoms with Crippen LogP contribution in [0.15, 0.2) is 56.8 Å². The number of halogens is 1. The summed E-state index contributed by atoms with van der Waals surface area (Å²) in [5.41, 5.74) is 2.47. The Labute approximate surface area is 138 Å². The Balaban J connectivity index is 1.65. The Bertz CT molecular complexity index is 896. The Morgan fingerprint density at radius 3 is 2.77 bits per heavy atom. The van der Waals surface area contributed by atoms with Gasteiger partial charge in [0.25, 0.3) is 5.89 Å². The molecule has 0 unspecified atom stereocenters. The minimum Gasteiger partial charge on any atom is -0.332 e. The Morgan fingerprint density at radius 2 is 2.00 bits per heavy atom. The minimum absolute atomic E-state index is 0.400. The topological polar surface area (TPSA) is 67.6 Å². The minimum atomic E-state index is 0.400. The van der Waals surface area contributed by atoms with Gasteiger partial charge in [0.1, 0.15) is 0 Å². The van der Waals surface area contributed by atoms with Gasteiger partial charge in [0.05, 0.1) is 10.6 Å². The molecular weight excluding hydrogens is 364 g/mol. The lowest BCUT2D eigenvalue weighted by Gasteiger charge is -1.93. The molecule has 0 aliphatic rings. The maximum absolute atomic E-state index is 5.31. The van der Waals surface area contributed by atoms with Gasteiger partial charge in [-0.2, -0.15) is 10.1 Å². The molecule has 1 aromatic carbocycles. The highest BCUT2D eigenvalue weighted by Gasteiger charge is 2.14. The van der Waals surface area contributed by atoms with Crippen LogP contribution in [0.2, 0.25) is 0 Å². The number of aromatic nitrogens is 4. The molecule has 0 aliphatic heterocycles. The van der Waals surface area contributed by atoms with E-state index in [2.05, 4.69) is 36.3 Å². The summed E-state index contributed by atoms with van der Waals surface area (Å²) in [6.45, 7) is 0. The van der Waals surface area contributed by atoms with E-state index < -0.39 is 0 Å². The van der Waals surface area contributed by atoms with Crippen molar-refractivity contribution in [2.45, 2.75) is 0 Å². The zero-order chi connectivity index (χ0) is 14.9. The van der Waals surface area contributed by atoms with Crippen LogP contribution >= 0.6 is 27.3 Å².